The van der Waals surface area contributed by atoms with Gasteiger partial charge in [-0.2, -0.15) is 0 Å². The minimum absolute atomic E-state index is 0.00489. The number of carbonyl (C=O) groups is 1. The molecule has 4 aromatic carbocycles. The lowest BCUT2D eigenvalue weighted by molar-refractivity contribution is -0.130. The normalized spacial score (nSPS) is 16.9. The van der Waals surface area contributed by atoms with Crippen LogP contribution in [0.15, 0.2) is 118 Å². The number of halogens is 1. The van der Waals surface area contributed by atoms with E-state index in [4.69, 9.17) is 25.1 Å². The molecular weight excluding hydrogens is 663 g/mol. The summed E-state index contributed by atoms with van der Waals surface area (Å²) in [7, 11) is -3.88. The number of hydrazine groups is 1. The molecule has 0 aliphatic carbocycles. The number of carbonyl (C=O) groups excluding carboxylic acids is 1. The number of benzene rings is 4. The third-order valence-corrected chi connectivity index (χ3v) is 9.89. The highest BCUT2D eigenvalue weighted by Crippen LogP contribution is 2.44. The van der Waals surface area contributed by atoms with Crippen LogP contribution >= 0.6 is 0 Å². The number of nitrogens with zero attached hydrogens (tertiary/aromatic N) is 4. The molecule has 0 saturated carbocycles. The average molecular weight is 701 g/mol. The van der Waals surface area contributed by atoms with E-state index in [1.54, 1.807) is 78.9 Å². The van der Waals surface area contributed by atoms with Crippen molar-refractivity contribution in [3.63, 3.8) is 0 Å². The van der Waals surface area contributed by atoms with Crippen LogP contribution in [0.4, 0.5) is 4.39 Å². The van der Waals surface area contributed by atoms with Gasteiger partial charge >= 0.3 is 0 Å². The third-order valence-electron chi connectivity index (χ3n) is 8.16. The molecule has 2 atom stereocenters. The van der Waals surface area contributed by atoms with Gasteiger partial charge in [-0.15, -0.1) is 0 Å². The van der Waals surface area contributed by atoms with Crippen LogP contribution in [0.3, 0.4) is 0 Å². The van der Waals surface area contributed by atoms with E-state index in [1.165, 1.54) is 24.3 Å². The van der Waals surface area contributed by atoms with E-state index in [-0.39, 0.29) is 42.7 Å². The fourth-order valence-electron chi connectivity index (χ4n) is 5.58. The maximum atomic E-state index is 14.4. The number of amides is 1. The van der Waals surface area contributed by atoms with E-state index in [0.717, 1.165) is 0 Å². The molecule has 0 radical (unpaired) electrons. The zero-order chi connectivity index (χ0) is 35.4. The summed E-state index contributed by atoms with van der Waals surface area (Å²) in [6.07, 6.45) is -0.537. The number of azide groups is 1. The van der Waals surface area contributed by atoms with E-state index in [9.17, 15) is 17.6 Å². The average Bonchev–Trinajstić information content (AvgIpc) is 3.53. The molecule has 1 amide bonds. The van der Waals surface area contributed by atoms with Gasteiger partial charge in [0.1, 0.15) is 11.6 Å². The topological polar surface area (TPSA) is 175 Å². The molecule has 0 saturated heterocycles. The maximum absolute atomic E-state index is 14.4. The number of hydrogen-bond acceptors (Lipinski definition) is 9. The van der Waals surface area contributed by atoms with Crippen molar-refractivity contribution < 1.29 is 32.2 Å². The van der Waals surface area contributed by atoms with Gasteiger partial charge in [-0.25, -0.2) is 23.2 Å². The largest absolute Gasteiger partial charge is 0.494 e. The van der Waals surface area contributed by atoms with Crippen molar-refractivity contribution in [1.82, 2.24) is 10.9 Å². The Hall–Kier alpha value is -5.27. The Morgan fingerprint density at radius 3 is 2.54 bits per heavy atom. The Morgan fingerprint density at radius 1 is 1.04 bits per heavy atom. The van der Waals surface area contributed by atoms with Crippen LogP contribution in [0, 0.1) is 5.82 Å². The molecule has 1 aliphatic rings. The highest BCUT2D eigenvalue weighted by atomic mass is 32.2. The molecule has 0 unspecified atom stereocenters. The standard InChI is InChI=1S/C36H37FN6O6S/c37-29-10-6-8-26(24-29)18-20-39-42-35(45)36(19-23-50(46,47)31-11-2-1-3-12-31)33(32-13-5-4-9-28(32)25-40-43-38)49-34(41-36)27-14-16-30(17-15-27)48-22-7-21-44/h1-6,8-17,24,33,39,44H,7,18-23,25H2,(H,42,45)/t33-,36-/m0/s1. The molecule has 14 heteroatoms. The van der Waals surface area contributed by atoms with Gasteiger partial charge in [0, 0.05) is 36.5 Å². The van der Waals surface area contributed by atoms with Gasteiger partial charge in [-0.05, 0) is 77.2 Å². The molecule has 0 aromatic heterocycles. The molecule has 0 bridgehead atoms. The van der Waals surface area contributed by atoms with Crippen LogP contribution in [0.1, 0.15) is 41.2 Å². The zero-order valence-electron chi connectivity index (χ0n) is 27.1. The molecule has 1 aliphatic heterocycles. The molecular formula is C36H37FN6O6S. The number of sulfone groups is 1. The van der Waals surface area contributed by atoms with Crippen LogP contribution in [0.5, 0.6) is 5.75 Å². The molecule has 3 N–H and O–H groups in total. The van der Waals surface area contributed by atoms with Gasteiger partial charge in [0.05, 0.1) is 23.8 Å². The molecule has 4 aromatic rings. The Labute approximate surface area is 289 Å². The summed E-state index contributed by atoms with van der Waals surface area (Å²) >= 11 is 0. The van der Waals surface area contributed by atoms with E-state index in [2.05, 4.69) is 20.9 Å². The fraction of sp³-hybridized carbons (Fsp3) is 0.278. The van der Waals surface area contributed by atoms with E-state index >= 15 is 0 Å². The molecule has 260 valence electrons. The molecule has 50 heavy (non-hydrogen) atoms. The number of aliphatic imine (C=N–C) groups is 1. The Bertz CT molecular complexity index is 1960. The predicted octanol–water partition coefficient (Wildman–Crippen LogP) is 5.38. The summed E-state index contributed by atoms with van der Waals surface area (Å²) in [4.78, 5) is 22.3. The molecule has 5 rings (SSSR count). The Balaban J connectivity index is 1.53. The van der Waals surface area contributed by atoms with Crippen molar-refractivity contribution in [3.05, 3.63) is 142 Å². The second kappa shape index (κ2) is 16.9. The number of rotatable bonds is 17. The highest BCUT2D eigenvalue weighted by Gasteiger charge is 2.54. The second-order valence-electron chi connectivity index (χ2n) is 11.5. The van der Waals surface area contributed by atoms with Gasteiger partial charge in [0.15, 0.2) is 21.5 Å². The van der Waals surface area contributed by atoms with E-state index in [1.807, 2.05) is 0 Å². The maximum Gasteiger partial charge on any atom is 0.266 e. The highest BCUT2D eigenvalue weighted by molar-refractivity contribution is 7.91. The molecule has 12 nitrogen and oxygen atoms in total. The molecule has 1 heterocycles. The van der Waals surface area contributed by atoms with Crippen molar-refractivity contribution in [2.45, 2.75) is 42.3 Å². The second-order valence-corrected chi connectivity index (χ2v) is 13.6. The Kier molecular flexibility index (Phi) is 12.2. The van der Waals surface area contributed by atoms with Crippen LogP contribution < -0.4 is 15.6 Å². The van der Waals surface area contributed by atoms with Gasteiger partial charge < -0.3 is 14.6 Å². The number of ether oxygens (including phenoxy) is 2. The first-order chi connectivity index (χ1) is 24.3. The van der Waals surface area contributed by atoms with Gasteiger partial charge in [0.25, 0.3) is 5.91 Å². The quantitative estimate of drug-likeness (QED) is 0.0436. The first-order valence-electron chi connectivity index (χ1n) is 16.0. The van der Waals surface area contributed by atoms with Crippen molar-refractivity contribution in [2.75, 3.05) is 25.5 Å². The van der Waals surface area contributed by atoms with Crippen molar-refractivity contribution >= 4 is 21.6 Å². The summed E-state index contributed by atoms with van der Waals surface area (Å²) in [5.74, 6) is -0.815. The minimum Gasteiger partial charge on any atom is -0.494 e. The third kappa shape index (κ3) is 8.84. The minimum atomic E-state index is -3.88. The number of aliphatic hydroxyl groups is 1. The van der Waals surface area contributed by atoms with Crippen LogP contribution in [-0.4, -0.2) is 56.4 Å². The van der Waals surface area contributed by atoms with Crippen molar-refractivity contribution in [2.24, 2.45) is 10.1 Å². The number of nitrogens with one attached hydrogen (secondary N) is 2. The summed E-state index contributed by atoms with van der Waals surface area (Å²) < 4.78 is 53.1. The zero-order valence-corrected chi connectivity index (χ0v) is 27.9. The van der Waals surface area contributed by atoms with Crippen LogP contribution in [0.2, 0.25) is 0 Å². The summed E-state index contributed by atoms with van der Waals surface area (Å²) in [6.45, 7) is 0.506. The lowest BCUT2D eigenvalue weighted by atomic mass is 9.83. The SMILES string of the molecule is [N-]=[N+]=NCc1ccccc1[C@@H]1OC(c2ccc(OCCCO)cc2)=N[C@]1(CCS(=O)(=O)c1ccccc1)C(=O)NNCCc1cccc(F)c1. The van der Waals surface area contributed by atoms with Gasteiger partial charge in [-0.1, -0.05) is 59.7 Å². The first-order valence-corrected chi connectivity index (χ1v) is 17.7. The Morgan fingerprint density at radius 2 is 1.80 bits per heavy atom. The van der Waals surface area contributed by atoms with Gasteiger partial charge in [-0.3, -0.25) is 10.2 Å². The smallest absolute Gasteiger partial charge is 0.266 e. The summed E-state index contributed by atoms with van der Waals surface area (Å²) in [6, 6.07) is 27.9. The summed E-state index contributed by atoms with van der Waals surface area (Å²) in [5.41, 5.74) is 15.2. The fourth-order valence-corrected chi connectivity index (χ4v) is 6.96. The van der Waals surface area contributed by atoms with Crippen LogP contribution in [0.25, 0.3) is 10.4 Å². The predicted molar refractivity (Wildman–Crippen MR) is 185 cm³/mol. The van der Waals surface area contributed by atoms with E-state index in [0.29, 0.717) is 47.5 Å². The molecule has 0 spiro atoms. The first kappa shape index (κ1) is 36.0. The van der Waals surface area contributed by atoms with Crippen molar-refractivity contribution in [3.8, 4) is 5.75 Å². The lowest BCUT2D eigenvalue weighted by Gasteiger charge is -2.31. The van der Waals surface area contributed by atoms with Crippen molar-refractivity contribution in [1.29, 1.82) is 0 Å². The van der Waals surface area contributed by atoms with Crippen LogP contribution in [-0.2, 0) is 32.3 Å². The molecule has 0 fully saturated rings. The van der Waals surface area contributed by atoms with Gasteiger partial charge in [0.2, 0.25) is 5.90 Å². The number of aliphatic hydroxyl groups excluding tert-OH is 1. The number of hydrogen-bond donors (Lipinski definition) is 3. The van der Waals surface area contributed by atoms with E-state index < -0.39 is 33.1 Å². The lowest BCUT2D eigenvalue weighted by Crippen LogP contribution is -2.53. The monoisotopic (exact) mass is 700 g/mol. The summed E-state index contributed by atoms with van der Waals surface area (Å²) in [5, 5.41) is 12.8.